The minimum absolute atomic E-state index is 0.0498. The zero-order chi connectivity index (χ0) is 25.9. The Morgan fingerprint density at radius 3 is 2.68 bits per heavy atom. The number of amides is 2. The molecule has 1 N–H and O–H groups in total. The molecule has 2 aromatic carbocycles. The fourth-order valence-electron chi connectivity index (χ4n) is 4.86. The Hall–Kier alpha value is -3.17. The van der Waals surface area contributed by atoms with E-state index in [-0.39, 0.29) is 25.0 Å². The van der Waals surface area contributed by atoms with Crippen molar-refractivity contribution in [2.45, 2.75) is 39.2 Å². The van der Waals surface area contributed by atoms with Gasteiger partial charge >= 0.3 is 5.97 Å². The number of benzene rings is 2. The molecule has 1 aliphatic heterocycles. The van der Waals surface area contributed by atoms with Gasteiger partial charge in [0.25, 0.3) is 11.8 Å². The number of nitrogens with zero attached hydrogens (tertiary/aromatic N) is 1. The van der Waals surface area contributed by atoms with Crippen molar-refractivity contribution in [1.82, 2.24) is 4.90 Å². The van der Waals surface area contributed by atoms with Crippen LogP contribution in [0.4, 0.5) is 5.00 Å². The van der Waals surface area contributed by atoms with Gasteiger partial charge in [-0.3, -0.25) is 9.59 Å². The molecule has 1 aliphatic carbocycles. The molecule has 1 aromatic heterocycles. The van der Waals surface area contributed by atoms with Crippen molar-refractivity contribution in [1.29, 1.82) is 0 Å². The highest BCUT2D eigenvalue weighted by Gasteiger charge is 2.29. The summed E-state index contributed by atoms with van der Waals surface area (Å²) < 4.78 is 12.1. The van der Waals surface area contributed by atoms with E-state index < -0.39 is 5.97 Å². The van der Waals surface area contributed by atoms with E-state index in [2.05, 4.69) is 21.2 Å². The van der Waals surface area contributed by atoms with Crippen LogP contribution in [0.3, 0.4) is 0 Å². The zero-order valence-corrected chi connectivity index (χ0v) is 22.9. The van der Waals surface area contributed by atoms with Crippen LogP contribution < -0.4 is 10.1 Å². The Kier molecular flexibility index (Phi) is 7.62. The standard InChI is InChI=1S/C28H27BrN2O5S/c1-2-35-28(34)25-21-6-4-8-23(21)37-26(25)30-24(32)16-36-22-7-3-5-20-19(22)13-14-31(27(20)33)15-17-9-11-18(29)12-10-17/h3,5,7,9-12H,2,4,6,8,13-16H2,1H3,(H,30,32). The maximum absolute atomic E-state index is 13.2. The van der Waals surface area contributed by atoms with E-state index in [0.29, 0.717) is 41.4 Å². The molecule has 0 bridgehead atoms. The molecule has 37 heavy (non-hydrogen) atoms. The maximum atomic E-state index is 13.2. The molecule has 7 nitrogen and oxygen atoms in total. The summed E-state index contributed by atoms with van der Waals surface area (Å²) in [5.74, 6) is -0.279. The van der Waals surface area contributed by atoms with Crippen LogP contribution in [0.15, 0.2) is 46.9 Å². The number of rotatable bonds is 8. The highest BCUT2D eigenvalue weighted by molar-refractivity contribution is 9.10. The van der Waals surface area contributed by atoms with E-state index >= 15 is 0 Å². The largest absolute Gasteiger partial charge is 0.483 e. The van der Waals surface area contributed by atoms with Gasteiger partial charge in [0.15, 0.2) is 6.61 Å². The van der Waals surface area contributed by atoms with Crippen molar-refractivity contribution in [3.05, 3.63) is 79.6 Å². The zero-order valence-electron chi connectivity index (χ0n) is 20.5. The van der Waals surface area contributed by atoms with Crippen molar-refractivity contribution < 1.29 is 23.9 Å². The van der Waals surface area contributed by atoms with E-state index in [1.54, 1.807) is 25.1 Å². The molecule has 0 spiro atoms. The molecular formula is C28H27BrN2O5S. The minimum Gasteiger partial charge on any atom is -0.483 e. The summed E-state index contributed by atoms with van der Waals surface area (Å²) in [5.41, 5.74) is 3.94. The van der Waals surface area contributed by atoms with Crippen LogP contribution >= 0.6 is 27.3 Å². The van der Waals surface area contributed by atoms with Crippen molar-refractivity contribution in [2.24, 2.45) is 0 Å². The van der Waals surface area contributed by atoms with Crippen LogP contribution in [-0.2, 0) is 35.3 Å². The molecular weight excluding hydrogens is 556 g/mol. The maximum Gasteiger partial charge on any atom is 0.341 e. The lowest BCUT2D eigenvalue weighted by molar-refractivity contribution is -0.118. The first-order chi connectivity index (χ1) is 17.9. The first kappa shape index (κ1) is 25.5. The number of nitrogens with one attached hydrogen (secondary N) is 1. The molecule has 3 aromatic rings. The van der Waals surface area contributed by atoms with Gasteiger partial charge in [0, 0.05) is 33.6 Å². The summed E-state index contributed by atoms with van der Waals surface area (Å²) >= 11 is 4.87. The number of carbonyl (C=O) groups excluding carboxylic acids is 3. The van der Waals surface area contributed by atoms with Crippen molar-refractivity contribution in [3.8, 4) is 5.75 Å². The summed E-state index contributed by atoms with van der Waals surface area (Å²) in [6.45, 7) is 2.92. The molecule has 2 heterocycles. The predicted octanol–water partition coefficient (Wildman–Crippen LogP) is 5.39. The second kappa shape index (κ2) is 11.1. The van der Waals surface area contributed by atoms with Gasteiger partial charge in [-0.15, -0.1) is 11.3 Å². The topological polar surface area (TPSA) is 84.9 Å². The summed E-state index contributed by atoms with van der Waals surface area (Å²) in [7, 11) is 0. The molecule has 2 aliphatic rings. The third kappa shape index (κ3) is 5.43. The van der Waals surface area contributed by atoms with Gasteiger partial charge in [-0.25, -0.2) is 4.79 Å². The number of anilines is 1. The average molecular weight is 584 g/mol. The first-order valence-electron chi connectivity index (χ1n) is 12.3. The number of thiophene rings is 1. The molecule has 0 unspecified atom stereocenters. The number of fused-ring (bicyclic) bond motifs is 2. The van der Waals surface area contributed by atoms with Gasteiger partial charge in [0.2, 0.25) is 0 Å². The Morgan fingerprint density at radius 1 is 1.08 bits per heavy atom. The van der Waals surface area contributed by atoms with Crippen molar-refractivity contribution in [3.63, 3.8) is 0 Å². The third-order valence-corrected chi connectivity index (χ3v) is 8.32. The van der Waals surface area contributed by atoms with E-state index in [1.807, 2.05) is 29.2 Å². The molecule has 0 fully saturated rings. The highest BCUT2D eigenvalue weighted by Crippen LogP contribution is 2.39. The Labute approximate surface area is 227 Å². The Balaban J connectivity index is 1.25. The average Bonchev–Trinajstić information content (AvgIpc) is 3.47. The van der Waals surface area contributed by atoms with Gasteiger partial charge in [-0.1, -0.05) is 34.1 Å². The first-order valence-corrected chi connectivity index (χ1v) is 14.0. The van der Waals surface area contributed by atoms with Crippen molar-refractivity contribution in [2.75, 3.05) is 25.1 Å². The lowest BCUT2D eigenvalue weighted by Gasteiger charge is -2.29. The van der Waals surface area contributed by atoms with E-state index in [9.17, 15) is 14.4 Å². The monoisotopic (exact) mass is 582 g/mol. The molecule has 2 amide bonds. The molecule has 0 saturated carbocycles. The van der Waals surface area contributed by atoms with Gasteiger partial charge in [-0.05, 0) is 68.0 Å². The minimum atomic E-state index is -0.401. The smallest absolute Gasteiger partial charge is 0.341 e. The number of esters is 1. The van der Waals surface area contributed by atoms with E-state index in [4.69, 9.17) is 9.47 Å². The van der Waals surface area contributed by atoms with Gasteiger partial charge in [0.05, 0.1) is 12.2 Å². The number of hydrogen-bond donors (Lipinski definition) is 1. The molecule has 0 radical (unpaired) electrons. The fourth-order valence-corrected chi connectivity index (χ4v) is 6.41. The fraction of sp³-hybridized carbons (Fsp3) is 0.321. The van der Waals surface area contributed by atoms with Crippen LogP contribution in [-0.4, -0.2) is 42.4 Å². The summed E-state index contributed by atoms with van der Waals surface area (Å²) in [5, 5.41) is 3.37. The predicted molar refractivity (Wildman–Crippen MR) is 145 cm³/mol. The quantitative estimate of drug-likeness (QED) is 0.360. The van der Waals surface area contributed by atoms with E-state index in [0.717, 1.165) is 45.3 Å². The van der Waals surface area contributed by atoms with Crippen LogP contribution in [0.25, 0.3) is 0 Å². The number of carbonyl (C=O) groups is 3. The number of ether oxygens (including phenoxy) is 2. The molecule has 9 heteroatoms. The lowest BCUT2D eigenvalue weighted by atomic mass is 9.97. The van der Waals surface area contributed by atoms with Crippen molar-refractivity contribution >= 4 is 50.1 Å². The van der Waals surface area contributed by atoms with Crippen LogP contribution in [0, 0.1) is 0 Å². The molecule has 0 saturated heterocycles. The van der Waals surface area contributed by atoms with Crippen LogP contribution in [0.1, 0.15) is 55.6 Å². The Bertz CT molecular complexity index is 1350. The number of hydrogen-bond acceptors (Lipinski definition) is 6. The molecule has 192 valence electrons. The van der Waals surface area contributed by atoms with Crippen LogP contribution in [0.5, 0.6) is 5.75 Å². The third-order valence-electron chi connectivity index (χ3n) is 6.58. The van der Waals surface area contributed by atoms with Gasteiger partial charge in [-0.2, -0.15) is 0 Å². The molecule has 0 atom stereocenters. The summed E-state index contributed by atoms with van der Waals surface area (Å²) in [6.07, 6.45) is 3.36. The number of halogens is 1. The highest BCUT2D eigenvalue weighted by atomic mass is 79.9. The Morgan fingerprint density at radius 2 is 1.89 bits per heavy atom. The molecule has 5 rings (SSSR count). The SMILES string of the molecule is CCOC(=O)c1c(NC(=O)COc2cccc3c2CCN(Cc2ccc(Br)cc2)C3=O)sc2c1CCC2. The van der Waals surface area contributed by atoms with Gasteiger partial charge < -0.3 is 19.7 Å². The van der Waals surface area contributed by atoms with Crippen LogP contribution in [0.2, 0.25) is 0 Å². The lowest BCUT2D eigenvalue weighted by Crippen LogP contribution is -2.37. The summed E-state index contributed by atoms with van der Waals surface area (Å²) in [4.78, 5) is 41.5. The summed E-state index contributed by atoms with van der Waals surface area (Å²) in [6, 6.07) is 13.3. The van der Waals surface area contributed by atoms with Gasteiger partial charge in [0.1, 0.15) is 10.8 Å². The second-order valence-electron chi connectivity index (χ2n) is 9.00. The normalized spacial score (nSPS) is 14.2. The number of aryl methyl sites for hydroxylation is 1. The second-order valence-corrected chi connectivity index (χ2v) is 11.0. The van der Waals surface area contributed by atoms with E-state index in [1.165, 1.54) is 11.3 Å².